The van der Waals surface area contributed by atoms with E-state index in [4.69, 9.17) is 13.9 Å². The van der Waals surface area contributed by atoms with E-state index >= 15 is 0 Å². The lowest BCUT2D eigenvalue weighted by Crippen LogP contribution is -1.99. The molecule has 1 aromatic carbocycles. The Morgan fingerprint density at radius 3 is 2.84 bits per heavy atom. The van der Waals surface area contributed by atoms with Crippen molar-refractivity contribution in [3.05, 3.63) is 48.6 Å². The van der Waals surface area contributed by atoms with Gasteiger partial charge in [-0.05, 0) is 30.3 Å². The number of nitrogens with zero attached hydrogens (tertiary/aromatic N) is 3. The van der Waals surface area contributed by atoms with Crippen molar-refractivity contribution in [2.24, 2.45) is 0 Å². The number of methoxy groups -OCH3 is 2. The molecule has 0 atom stereocenters. The van der Waals surface area contributed by atoms with Crippen LogP contribution in [-0.4, -0.2) is 28.8 Å². The Morgan fingerprint density at radius 1 is 1.20 bits per heavy atom. The molecular weight excluding hydrogens is 340 g/mol. The first kappa shape index (κ1) is 15.5. The predicted octanol–water partition coefficient (Wildman–Crippen LogP) is 3.68. The molecule has 128 valence electrons. The van der Waals surface area contributed by atoms with Gasteiger partial charge >= 0.3 is 0 Å². The second-order valence-corrected chi connectivity index (χ2v) is 6.20. The number of hydrogen-bond acceptors (Lipinski definition) is 7. The first-order chi connectivity index (χ1) is 12.3. The highest BCUT2D eigenvalue weighted by atomic mass is 32.1. The standard InChI is InChI=1S/C17H16N4O3S/c1-22-14-6-5-11(8-15(14)23-2)13-10-19-17-21(13)20-16(25-17)18-9-12-4-3-7-24-12/h3-8,10H,9H2,1-2H3,(H,18,20). The lowest BCUT2D eigenvalue weighted by molar-refractivity contribution is 0.355. The van der Waals surface area contributed by atoms with Crippen molar-refractivity contribution in [3.63, 3.8) is 0 Å². The quantitative estimate of drug-likeness (QED) is 0.568. The molecule has 4 rings (SSSR count). The van der Waals surface area contributed by atoms with Crippen LogP contribution >= 0.6 is 11.3 Å². The topological polar surface area (TPSA) is 73.8 Å². The number of imidazole rings is 1. The van der Waals surface area contributed by atoms with Crippen molar-refractivity contribution in [3.8, 4) is 22.8 Å². The number of furan rings is 1. The summed E-state index contributed by atoms with van der Waals surface area (Å²) in [7, 11) is 3.24. The Labute approximate surface area is 147 Å². The number of aromatic nitrogens is 3. The molecule has 0 radical (unpaired) electrons. The minimum Gasteiger partial charge on any atom is -0.493 e. The lowest BCUT2D eigenvalue weighted by Gasteiger charge is -2.08. The molecule has 0 spiro atoms. The minimum absolute atomic E-state index is 0.579. The summed E-state index contributed by atoms with van der Waals surface area (Å²) in [6.07, 6.45) is 3.46. The molecule has 3 heterocycles. The summed E-state index contributed by atoms with van der Waals surface area (Å²) in [6, 6.07) is 9.52. The SMILES string of the molecule is COc1ccc(-c2cnc3sc(NCc4ccco4)nn23)cc1OC. The molecule has 0 bridgehead atoms. The van der Waals surface area contributed by atoms with E-state index in [1.54, 1.807) is 26.7 Å². The third kappa shape index (κ3) is 2.91. The van der Waals surface area contributed by atoms with Gasteiger partial charge in [0.1, 0.15) is 5.76 Å². The van der Waals surface area contributed by atoms with Crippen molar-refractivity contribution in [2.75, 3.05) is 19.5 Å². The number of benzene rings is 1. The largest absolute Gasteiger partial charge is 0.493 e. The van der Waals surface area contributed by atoms with Crippen LogP contribution in [0.5, 0.6) is 11.5 Å². The van der Waals surface area contributed by atoms with Gasteiger partial charge in [-0.2, -0.15) is 0 Å². The Hall–Kier alpha value is -3.00. The van der Waals surface area contributed by atoms with Gasteiger partial charge in [-0.15, -0.1) is 5.10 Å². The van der Waals surface area contributed by atoms with E-state index in [9.17, 15) is 0 Å². The number of ether oxygens (including phenoxy) is 2. The zero-order valence-corrected chi connectivity index (χ0v) is 14.5. The highest BCUT2D eigenvalue weighted by molar-refractivity contribution is 7.20. The molecule has 0 aliphatic carbocycles. The number of rotatable bonds is 6. The van der Waals surface area contributed by atoms with Crippen LogP contribution in [0.15, 0.2) is 47.2 Å². The summed E-state index contributed by atoms with van der Waals surface area (Å²) in [4.78, 5) is 5.25. The van der Waals surface area contributed by atoms with Crippen LogP contribution in [-0.2, 0) is 6.54 Å². The summed E-state index contributed by atoms with van der Waals surface area (Å²) >= 11 is 1.48. The van der Waals surface area contributed by atoms with E-state index in [2.05, 4.69) is 15.4 Å². The van der Waals surface area contributed by atoms with Gasteiger partial charge in [0.2, 0.25) is 10.1 Å². The number of anilines is 1. The first-order valence-electron chi connectivity index (χ1n) is 7.61. The smallest absolute Gasteiger partial charge is 0.214 e. The molecule has 0 saturated heterocycles. The van der Waals surface area contributed by atoms with Crippen molar-refractivity contribution < 1.29 is 13.9 Å². The maximum atomic E-state index is 5.38. The fourth-order valence-electron chi connectivity index (χ4n) is 2.53. The van der Waals surface area contributed by atoms with Gasteiger partial charge in [-0.25, -0.2) is 9.50 Å². The average molecular weight is 356 g/mol. The van der Waals surface area contributed by atoms with E-state index in [1.807, 2.05) is 34.8 Å². The Balaban J connectivity index is 1.64. The van der Waals surface area contributed by atoms with Gasteiger partial charge in [0.15, 0.2) is 11.5 Å². The molecule has 0 amide bonds. The highest BCUT2D eigenvalue weighted by Gasteiger charge is 2.14. The van der Waals surface area contributed by atoms with Crippen LogP contribution < -0.4 is 14.8 Å². The first-order valence-corrected chi connectivity index (χ1v) is 8.43. The van der Waals surface area contributed by atoms with Crippen molar-refractivity contribution in [2.45, 2.75) is 6.54 Å². The average Bonchev–Trinajstić information content (AvgIpc) is 3.36. The summed E-state index contributed by atoms with van der Waals surface area (Å²) in [5.74, 6) is 2.21. The molecule has 0 aliphatic heterocycles. The molecule has 1 N–H and O–H groups in total. The Bertz CT molecular complexity index is 991. The fraction of sp³-hybridized carbons (Fsp3) is 0.176. The van der Waals surface area contributed by atoms with Crippen LogP contribution in [0.25, 0.3) is 16.2 Å². The highest BCUT2D eigenvalue weighted by Crippen LogP contribution is 2.33. The monoisotopic (exact) mass is 356 g/mol. The van der Waals surface area contributed by atoms with Crippen LogP contribution in [0.4, 0.5) is 5.13 Å². The molecule has 4 aromatic rings. The van der Waals surface area contributed by atoms with Crippen LogP contribution in [0.3, 0.4) is 0 Å². The van der Waals surface area contributed by atoms with Crippen LogP contribution in [0, 0.1) is 0 Å². The van der Waals surface area contributed by atoms with Gasteiger partial charge in [-0.3, -0.25) is 0 Å². The zero-order valence-electron chi connectivity index (χ0n) is 13.7. The second-order valence-electron chi connectivity index (χ2n) is 5.25. The van der Waals surface area contributed by atoms with E-state index < -0.39 is 0 Å². The van der Waals surface area contributed by atoms with E-state index in [0.29, 0.717) is 18.0 Å². The van der Waals surface area contributed by atoms with Crippen molar-refractivity contribution in [1.82, 2.24) is 14.6 Å². The maximum absolute atomic E-state index is 5.38. The van der Waals surface area contributed by atoms with Gasteiger partial charge < -0.3 is 19.2 Å². The molecule has 0 unspecified atom stereocenters. The van der Waals surface area contributed by atoms with E-state index in [1.165, 1.54) is 11.3 Å². The molecule has 0 fully saturated rings. The Morgan fingerprint density at radius 2 is 2.08 bits per heavy atom. The number of fused-ring (bicyclic) bond motifs is 1. The molecule has 3 aromatic heterocycles. The zero-order chi connectivity index (χ0) is 17.2. The number of hydrogen-bond donors (Lipinski definition) is 1. The van der Waals surface area contributed by atoms with Gasteiger partial charge in [0.25, 0.3) is 0 Å². The summed E-state index contributed by atoms with van der Waals surface area (Å²) in [5, 5.41) is 8.62. The van der Waals surface area contributed by atoms with Crippen molar-refractivity contribution in [1.29, 1.82) is 0 Å². The third-order valence-corrected chi connectivity index (χ3v) is 4.64. The van der Waals surface area contributed by atoms with E-state index in [-0.39, 0.29) is 0 Å². The molecule has 25 heavy (non-hydrogen) atoms. The lowest BCUT2D eigenvalue weighted by atomic mass is 10.1. The summed E-state index contributed by atoms with van der Waals surface area (Å²) in [6.45, 7) is 0.579. The minimum atomic E-state index is 0.579. The van der Waals surface area contributed by atoms with Crippen LogP contribution in [0.2, 0.25) is 0 Å². The van der Waals surface area contributed by atoms with Gasteiger partial charge in [0.05, 0.1) is 38.9 Å². The molecule has 0 aliphatic rings. The van der Waals surface area contributed by atoms with E-state index in [0.717, 1.165) is 27.1 Å². The third-order valence-electron chi connectivity index (χ3n) is 3.76. The molecular formula is C17H16N4O3S. The molecule has 8 heteroatoms. The van der Waals surface area contributed by atoms with Crippen molar-refractivity contribution >= 4 is 21.4 Å². The van der Waals surface area contributed by atoms with Gasteiger partial charge in [0, 0.05) is 5.56 Å². The fourth-order valence-corrected chi connectivity index (χ4v) is 3.30. The second kappa shape index (κ2) is 6.48. The number of nitrogens with one attached hydrogen (secondary N) is 1. The summed E-state index contributed by atoms with van der Waals surface area (Å²) < 4.78 is 17.8. The summed E-state index contributed by atoms with van der Waals surface area (Å²) in [5.41, 5.74) is 1.84. The molecule has 7 nitrogen and oxygen atoms in total. The maximum Gasteiger partial charge on any atom is 0.214 e. The van der Waals surface area contributed by atoms with Crippen LogP contribution in [0.1, 0.15) is 5.76 Å². The predicted molar refractivity (Wildman–Crippen MR) is 95.4 cm³/mol. The Kier molecular flexibility index (Phi) is 4.02. The van der Waals surface area contributed by atoms with Gasteiger partial charge in [-0.1, -0.05) is 11.3 Å². The molecule has 0 saturated carbocycles. The normalized spacial score (nSPS) is 11.0.